The molecule has 0 unspecified atom stereocenters. The van der Waals surface area contributed by atoms with Gasteiger partial charge in [-0.05, 0) is 18.2 Å². The second-order valence-electron chi connectivity index (χ2n) is 5.67. The molecule has 0 radical (unpaired) electrons. The molecule has 3 aromatic heterocycles. The summed E-state index contributed by atoms with van der Waals surface area (Å²) in [5, 5.41) is 2.99. The third kappa shape index (κ3) is 3.02. The molecule has 8 heteroatoms. The second-order valence-corrected chi connectivity index (χ2v) is 5.67. The molecule has 3 aromatic rings. The molecule has 0 aromatic carbocycles. The monoisotopic (exact) mass is 354 g/mol. The average molecular weight is 354 g/mol. The van der Waals surface area contributed by atoms with Crippen LogP contribution in [-0.2, 0) is 11.3 Å². The van der Waals surface area contributed by atoms with Gasteiger partial charge >= 0.3 is 0 Å². The van der Waals surface area contributed by atoms with Crippen molar-refractivity contribution in [3.05, 3.63) is 59.0 Å². The summed E-state index contributed by atoms with van der Waals surface area (Å²) in [7, 11) is 1.57. The van der Waals surface area contributed by atoms with Gasteiger partial charge in [-0.2, -0.15) is 0 Å². The number of nitrogens with zero attached hydrogens (tertiary/aromatic N) is 3. The number of carbonyl (C=O) groups excluding carboxylic acids is 1. The van der Waals surface area contributed by atoms with Crippen LogP contribution in [-0.4, -0.2) is 35.6 Å². The van der Waals surface area contributed by atoms with E-state index in [2.05, 4.69) is 16.9 Å². The average Bonchev–Trinajstić information content (AvgIpc) is 2.65. The van der Waals surface area contributed by atoms with Crippen LogP contribution in [0.1, 0.15) is 10.4 Å². The lowest BCUT2D eigenvalue weighted by Gasteiger charge is -2.11. The van der Waals surface area contributed by atoms with Gasteiger partial charge in [0.05, 0.1) is 13.2 Å². The van der Waals surface area contributed by atoms with E-state index in [9.17, 15) is 9.59 Å². The van der Waals surface area contributed by atoms with Crippen LogP contribution in [0.4, 0.5) is 5.82 Å². The van der Waals surface area contributed by atoms with Crippen LogP contribution < -0.4 is 21.2 Å². The maximum Gasteiger partial charge on any atom is 0.278 e. The van der Waals surface area contributed by atoms with E-state index >= 15 is 0 Å². The lowest BCUT2D eigenvalue weighted by molar-refractivity contribution is -0.660. The summed E-state index contributed by atoms with van der Waals surface area (Å²) in [5.41, 5.74) is 7.09. The highest BCUT2D eigenvalue weighted by Crippen LogP contribution is 2.14. The zero-order valence-corrected chi connectivity index (χ0v) is 14.4. The Bertz CT molecular complexity index is 1060. The minimum atomic E-state index is -0.381. The molecule has 0 fully saturated rings. The minimum absolute atomic E-state index is 0.213. The number of nitrogen functional groups attached to an aromatic ring is 1. The molecule has 3 rings (SSSR count). The Kier molecular flexibility index (Phi) is 4.94. The summed E-state index contributed by atoms with van der Waals surface area (Å²) in [4.78, 5) is 29.9. The topological polar surface area (TPSA) is 103 Å². The highest BCUT2D eigenvalue weighted by atomic mass is 16.5. The summed E-state index contributed by atoms with van der Waals surface area (Å²) in [5.74, 6) is -0.156. The minimum Gasteiger partial charge on any atom is -0.381 e. The third-order valence-corrected chi connectivity index (χ3v) is 4.03. The second kappa shape index (κ2) is 7.32. The van der Waals surface area contributed by atoms with Gasteiger partial charge in [0.2, 0.25) is 11.5 Å². The molecule has 3 N–H and O–H groups in total. The Labute approximate surface area is 149 Å². The van der Waals surface area contributed by atoms with Crippen LogP contribution in [0.25, 0.3) is 16.7 Å². The number of carbonyl (C=O) groups is 1. The van der Waals surface area contributed by atoms with Gasteiger partial charge in [-0.25, -0.2) is 4.57 Å². The van der Waals surface area contributed by atoms with Crippen molar-refractivity contribution >= 4 is 28.4 Å². The maximum absolute atomic E-state index is 12.9. The fourth-order valence-corrected chi connectivity index (χ4v) is 2.75. The fraction of sp³-hybridized carbons (Fsp3) is 0.222. The fourth-order valence-electron chi connectivity index (χ4n) is 2.75. The first-order valence-electron chi connectivity index (χ1n) is 8.10. The predicted octanol–water partition coefficient (Wildman–Crippen LogP) is 0.280. The van der Waals surface area contributed by atoms with E-state index in [0.29, 0.717) is 36.4 Å². The van der Waals surface area contributed by atoms with Crippen molar-refractivity contribution in [2.75, 3.05) is 26.0 Å². The summed E-state index contributed by atoms with van der Waals surface area (Å²) < 4.78 is 8.20. The predicted molar refractivity (Wildman–Crippen MR) is 98.0 cm³/mol. The largest absolute Gasteiger partial charge is 0.381 e. The third-order valence-electron chi connectivity index (χ3n) is 4.03. The zero-order valence-electron chi connectivity index (χ0n) is 14.4. The molecule has 134 valence electrons. The molecule has 0 saturated carbocycles. The van der Waals surface area contributed by atoms with Gasteiger partial charge in [0.1, 0.15) is 10.9 Å². The highest BCUT2D eigenvalue weighted by molar-refractivity contribution is 6.00. The molecular formula is C18H20N5O3+. The van der Waals surface area contributed by atoms with Crippen molar-refractivity contribution in [2.24, 2.45) is 0 Å². The lowest BCUT2D eigenvalue weighted by atomic mass is 10.1. The highest BCUT2D eigenvalue weighted by Gasteiger charge is 2.23. The van der Waals surface area contributed by atoms with Crippen molar-refractivity contribution < 1.29 is 14.1 Å². The number of anilines is 1. The molecule has 0 saturated heterocycles. The SMILES string of the molecule is C=CCNC(=O)c1cc2c(=O)n3ccccc3nc2[n+](CCOC)c1N. The van der Waals surface area contributed by atoms with Gasteiger partial charge in [0.25, 0.3) is 17.1 Å². The molecule has 3 heterocycles. The summed E-state index contributed by atoms with van der Waals surface area (Å²) in [6, 6.07) is 6.77. The van der Waals surface area contributed by atoms with Crippen LogP contribution in [0.3, 0.4) is 0 Å². The van der Waals surface area contributed by atoms with Crippen molar-refractivity contribution in [1.29, 1.82) is 0 Å². The number of rotatable bonds is 6. The van der Waals surface area contributed by atoms with E-state index in [1.54, 1.807) is 42.1 Å². The maximum atomic E-state index is 12.9. The molecule has 1 amide bonds. The Morgan fingerprint density at radius 3 is 3.04 bits per heavy atom. The van der Waals surface area contributed by atoms with E-state index in [1.165, 1.54) is 10.5 Å². The summed E-state index contributed by atoms with van der Waals surface area (Å²) >= 11 is 0. The molecule has 0 aliphatic rings. The number of fused-ring (bicyclic) bond motifs is 2. The molecule has 26 heavy (non-hydrogen) atoms. The van der Waals surface area contributed by atoms with Crippen molar-refractivity contribution in [3.63, 3.8) is 0 Å². The molecule has 0 bridgehead atoms. The van der Waals surface area contributed by atoms with E-state index in [4.69, 9.17) is 10.5 Å². The smallest absolute Gasteiger partial charge is 0.278 e. The van der Waals surface area contributed by atoms with Crippen molar-refractivity contribution in [1.82, 2.24) is 14.7 Å². The van der Waals surface area contributed by atoms with Gasteiger partial charge < -0.3 is 15.8 Å². The van der Waals surface area contributed by atoms with Crippen LogP contribution in [0.2, 0.25) is 0 Å². The number of hydrogen-bond donors (Lipinski definition) is 2. The van der Waals surface area contributed by atoms with Crippen molar-refractivity contribution in [3.8, 4) is 0 Å². The molecule has 0 aliphatic carbocycles. The standard InChI is InChI=1S/C18H19N5O3/c1-3-7-20-17(24)12-11-13-16(23(15(12)19)9-10-26-2)21-14-6-4-5-8-22(14)18(13)25/h3-6,8,11,19H,1,7,9-10H2,2H3,(H,20,24)/p+1. The molecule has 0 aliphatic heterocycles. The first kappa shape index (κ1) is 17.6. The number of hydrogen-bond acceptors (Lipinski definition) is 5. The van der Waals surface area contributed by atoms with Crippen LogP contribution in [0.5, 0.6) is 0 Å². The lowest BCUT2D eigenvalue weighted by Crippen LogP contribution is -2.44. The number of pyridine rings is 2. The Hall–Kier alpha value is -3.26. The van der Waals surface area contributed by atoms with E-state index in [0.717, 1.165) is 0 Å². The van der Waals surface area contributed by atoms with E-state index < -0.39 is 0 Å². The van der Waals surface area contributed by atoms with Gasteiger partial charge in [-0.3, -0.25) is 14.0 Å². The first-order chi connectivity index (χ1) is 12.6. The van der Waals surface area contributed by atoms with Gasteiger partial charge in [0.15, 0.2) is 0 Å². The van der Waals surface area contributed by atoms with E-state index in [-0.39, 0.29) is 22.8 Å². The quantitative estimate of drug-likeness (QED) is 0.376. The van der Waals surface area contributed by atoms with Crippen molar-refractivity contribution in [2.45, 2.75) is 6.54 Å². The number of aromatic nitrogens is 3. The first-order valence-corrected chi connectivity index (χ1v) is 8.10. The number of methoxy groups -OCH3 is 1. The number of nitrogens with two attached hydrogens (primary N) is 1. The summed E-state index contributed by atoms with van der Waals surface area (Å²) in [6.07, 6.45) is 3.20. The molecule has 0 atom stereocenters. The molecule has 0 spiro atoms. The van der Waals surface area contributed by atoms with Crippen LogP contribution in [0, 0.1) is 0 Å². The Balaban J connectivity index is 2.33. The Morgan fingerprint density at radius 1 is 1.50 bits per heavy atom. The molecule has 8 nitrogen and oxygen atoms in total. The number of amides is 1. The van der Waals surface area contributed by atoms with Crippen LogP contribution >= 0.6 is 0 Å². The van der Waals surface area contributed by atoms with E-state index in [1.807, 2.05) is 0 Å². The zero-order chi connectivity index (χ0) is 18.7. The van der Waals surface area contributed by atoms with Gasteiger partial charge in [-0.15, -0.1) is 6.58 Å². The van der Waals surface area contributed by atoms with Gasteiger partial charge in [0, 0.05) is 19.9 Å². The molecular weight excluding hydrogens is 334 g/mol. The van der Waals surface area contributed by atoms with Gasteiger partial charge in [-0.1, -0.05) is 17.1 Å². The normalized spacial score (nSPS) is 11.0. The van der Waals surface area contributed by atoms with Crippen LogP contribution in [0.15, 0.2) is 47.9 Å². The summed E-state index contributed by atoms with van der Waals surface area (Å²) in [6.45, 7) is 4.59. The number of ether oxygens (including phenoxy) is 1. The number of nitrogens with one attached hydrogen (secondary N) is 1. The Morgan fingerprint density at radius 2 is 2.31 bits per heavy atom.